The van der Waals surface area contributed by atoms with Gasteiger partial charge in [0.25, 0.3) is 0 Å². The lowest BCUT2D eigenvalue weighted by atomic mass is 10.4. The first-order valence-electron chi connectivity index (χ1n) is 5.03. The maximum Gasteiger partial charge on any atom is 0.224 e. The van der Waals surface area contributed by atoms with Crippen molar-refractivity contribution in [1.82, 2.24) is 19.9 Å². The largest absolute Gasteiger partial charge is 0.304 e. The minimum atomic E-state index is 0.195. The van der Waals surface area contributed by atoms with Gasteiger partial charge in [-0.05, 0) is 18.6 Å². The minimum absolute atomic E-state index is 0.195. The van der Waals surface area contributed by atoms with Crippen LogP contribution in [0.1, 0.15) is 0 Å². The van der Waals surface area contributed by atoms with E-state index in [1.54, 1.807) is 0 Å². The first kappa shape index (κ1) is 11.9. The van der Waals surface area contributed by atoms with Crippen LogP contribution in [0.25, 0.3) is 0 Å². The smallest absolute Gasteiger partial charge is 0.224 e. The lowest BCUT2D eigenvalue weighted by molar-refractivity contribution is 0.178. The zero-order valence-corrected chi connectivity index (χ0v) is 10.5. The van der Waals surface area contributed by atoms with Crippen molar-refractivity contribution in [2.45, 2.75) is 0 Å². The van der Waals surface area contributed by atoms with Crippen molar-refractivity contribution in [2.75, 3.05) is 38.7 Å². The molecule has 1 fully saturated rings. The van der Waals surface area contributed by atoms with Crippen molar-refractivity contribution >= 4 is 29.0 Å². The maximum absolute atomic E-state index is 5.96. The molecule has 16 heavy (non-hydrogen) atoms. The first-order chi connectivity index (χ1) is 7.65. The molecule has 5 nitrogen and oxygen atoms in total. The lowest BCUT2D eigenvalue weighted by Gasteiger charge is -2.32. The molecule has 2 heterocycles. The maximum atomic E-state index is 5.96. The topological polar surface area (TPSA) is 44.3 Å². The van der Waals surface area contributed by atoms with Gasteiger partial charge in [0.2, 0.25) is 5.28 Å². The zero-order chi connectivity index (χ0) is 11.5. The molecule has 0 radical (unpaired) electrons. The Kier molecular flexibility index (Phi) is 3.81. The number of anilines is 1. The van der Waals surface area contributed by atoms with Crippen LogP contribution in [-0.4, -0.2) is 53.1 Å². The molecule has 1 aliphatic heterocycles. The fourth-order valence-corrected chi connectivity index (χ4v) is 1.76. The highest BCUT2D eigenvalue weighted by Crippen LogP contribution is 2.20. The molecular formula is C9H13Cl2N5. The van der Waals surface area contributed by atoms with Crippen LogP contribution in [0, 0.1) is 0 Å². The molecule has 7 heteroatoms. The average Bonchev–Trinajstić information content (AvgIpc) is 2.27. The van der Waals surface area contributed by atoms with Crippen molar-refractivity contribution in [3.05, 3.63) is 16.5 Å². The second kappa shape index (κ2) is 5.14. The second-order valence-corrected chi connectivity index (χ2v) is 4.48. The Morgan fingerprint density at radius 3 is 2.62 bits per heavy atom. The van der Waals surface area contributed by atoms with E-state index < -0.39 is 0 Å². The fourth-order valence-electron chi connectivity index (χ4n) is 1.49. The molecule has 0 saturated carbocycles. The molecule has 0 bridgehead atoms. The van der Waals surface area contributed by atoms with Gasteiger partial charge in [-0.25, -0.2) is 9.99 Å². The number of piperazine rings is 1. The number of hydrogen-bond acceptors (Lipinski definition) is 5. The number of nitrogens with zero attached hydrogens (tertiary/aromatic N) is 4. The SMILES string of the molecule is CN1CCN(Nc2nc(Cl)ncc2Cl)CC1. The van der Waals surface area contributed by atoms with E-state index in [0.29, 0.717) is 10.8 Å². The van der Waals surface area contributed by atoms with E-state index in [-0.39, 0.29) is 5.28 Å². The Labute approximate surface area is 104 Å². The van der Waals surface area contributed by atoms with Crippen LogP contribution in [0.4, 0.5) is 5.82 Å². The van der Waals surface area contributed by atoms with E-state index in [4.69, 9.17) is 23.2 Å². The number of aromatic nitrogens is 2. The Morgan fingerprint density at radius 2 is 1.94 bits per heavy atom. The third-order valence-electron chi connectivity index (χ3n) is 2.48. The molecule has 0 aliphatic carbocycles. The molecule has 1 aromatic rings. The van der Waals surface area contributed by atoms with Gasteiger partial charge in [-0.3, -0.25) is 0 Å². The molecular weight excluding hydrogens is 249 g/mol. The van der Waals surface area contributed by atoms with Crippen LogP contribution >= 0.6 is 23.2 Å². The van der Waals surface area contributed by atoms with Gasteiger partial charge in [-0.2, -0.15) is 4.98 Å². The minimum Gasteiger partial charge on any atom is -0.304 e. The molecule has 0 amide bonds. The lowest BCUT2D eigenvalue weighted by Crippen LogP contribution is -2.47. The molecule has 2 rings (SSSR count). The van der Waals surface area contributed by atoms with E-state index in [0.717, 1.165) is 26.2 Å². The summed E-state index contributed by atoms with van der Waals surface area (Å²) in [5.74, 6) is 0.561. The molecule has 0 aromatic carbocycles. The fraction of sp³-hybridized carbons (Fsp3) is 0.556. The van der Waals surface area contributed by atoms with Gasteiger partial charge >= 0.3 is 0 Å². The molecule has 88 valence electrons. The highest BCUT2D eigenvalue weighted by molar-refractivity contribution is 6.33. The van der Waals surface area contributed by atoms with Crippen LogP contribution in [0.3, 0.4) is 0 Å². The Hall–Kier alpha value is -0.620. The first-order valence-corrected chi connectivity index (χ1v) is 5.79. The van der Waals surface area contributed by atoms with Crippen LogP contribution in [0.2, 0.25) is 10.3 Å². The predicted molar refractivity (Wildman–Crippen MR) is 64.7 cm³/mol. The summed E-state index contributed by atoms with van der Waals surface area (Å²) in [6.07, 6.45) is 1.50. The molecule has 0 spiro atoms. The van der Waals surface area contributed by atoms with Gasteiger partial charge in [0.15, 0.2) is 5.82 Å². The number of hydrogen-bond donors (Lipinski definition) is 1. The van der Waals surface area contributed by atoms with Crippen molar-refractivity contribution in [3.63, 3.8) is 0 Å². The van der Waals surface area contributed by atoms with Crippen LogP contribution in [0.15, 0.2) is 6.20 Å². The van der Waals surface area contributed by atoms with Crippen molar-refractivity contribution in [3.8, 4) is 0 Å². The third kappa shape index (κ3) is 2.95. The average molecular weight is 262 g/mol. The second-order valence-electron chi connectivity index (χ2n) is 3.74. The Morgan fingerprint density at radius 1 is 1.25 bits per heavy atom. The van der Waals surface area contributed by atoms with Gasteiger partial charge < -0.3 is 10.3 Å². The molecule has 1 aromatic heterocycles. The summed E-state index contributed by atoms with van der Waals surface area (Å²) in [6, 6.07) is 0. The van der Waals surface area contributed by atoms with Crippen LogP contribution < -0.4 is 5.43 Å². The van der Waals surface area contributed by atoms with Gasteiger partial charge in [0.1, 0.15) is 5.02 Å². The summed E-state index contributed by atoms with van der Waals surface area (Å²) >= 11 is 11.7. The predicted octanol–water partition coefficient (Wildman–Crippen LogP) is 1.36. The van der Waals surface area contributed by atoms with Crippen LogP contribution in [-0.2, 0) is 0 Å². The van der Waals surface area contributed by atoms with Crippen LogP contribution in [0.5, 0.6) is 0 Å². The summed E-state index contributed by atoms with van der Waals surface area (Å²) in [5, 5.41) is 2.74. The molecule has 0 unspecified atom stereocenters. The van der Waals surface area contributed by atoms with E-state index >= 15 is 0 Å². The highest BCUT2D eigenvalue weighted by atomic mass is 35.5. The monoisotopic (exact) mass is 261 g/mol. The zero-order valence-electron chi connectivity index (χ0n) is 8.95. The summed E-state index contributed by atoms with van der Waals surface area (Å²) in [4.78, 5) is 10.1. The molecule has 0 atom stereocenters. The van der Waals surface area contributed by atoms with Crippen molar-refractivity contribution in [2.24, 2.45) is 0 Å². The van der Waals surface area contributed by atoms with E-state index in [1.165, 1.54) is 6.20 Å². The van der Waals surface area contributed by atoms with E-state index in [2.05, 4.69) is 32.4 Å². The number of likely N-dealkylation sites (N-methyl/N-ethyl adjacent to an activating group) is 1. The van der Waals surface area contributed by atoms with Crippen molar-refractivity contribution < 1.29 is 0 Å². The standard InChI is InChI=1S/C9H13Cl2N5/c1-15-2-4-16(5-3-15)14-8-7(10)6-12-9(11)13-8/h6H,2-5H2,1H3,(H,12,13,14). The van der Waals surface area contributed by atoms with Gasteiger partial charge in [-0.1, -0.05) is 11.6 Å². The normalized spacial score (nSPS) is 18.7. The number of halogens is 2. The van der Waals surface area contributed by atoms with Gasteiger partial charge in [0, 0.05) is 26.2 Å². The number of hydrazine groups is 1. The quantitative estimate of drug-likeness (QED) is 0.815. The summed E-state index contributed by atoms with van der Waals surface area (Å²) < 4.78 is 0. The summed E-state index contributed by atoms with van der Waals surface area (Å²) in [5.41, 5.74) is 3.15. The molecule has 1 aliphatic rings. The third-order valence-corrected chi connectivity index (χ3v) is 2.94. The van der Waals surface area contributed by atoms with Gasteiger partial charge in [-0.15, -0.1) is 0 Å². The Balaban J connectivity index is 2.00. The number of nitrogens with one attached hydrogen (secondary N) is 1. The molecule has 1 saturated heterocycles. The number of rotatable bonds is 2. The van der Waals surface area contributed by atoms with E-state index in [1.807, 2.05) is 0 Å². The highest BCUT2D eigenvalue weighted by Gasteiger charge is 2.15. The molecule has 1 N–H and O–H groups in total. The van der Waals surface area contributed by atoms with Gasteiger partial charge in [0.05, 0.1) is 6.20 Å². The summed E-state index contributed by atoms with van der Waals surface area (Å²) in [7, 11) is 2.10. The summed E-state index contributed by atoms with van der Waals surface area (Å²) in [6.45, 7) is 3.88. The van der Waals surface area contributed by atoms with Crippen molar-refractivity contribution in [1.29, 1.82) is 0 Å². The Bertz CT molecular complexity index is 365. The van der Waals surface area contributed by atoms with E-state index in [9.17, 15) is 0 Å².